The Hall–Kier alpha value is -3.72. The van der Waals surface area contributed by atoms with Crippen molar-refractivity contribution in [3.8, 4) is 0 Å². The van der Waals surface area contributed by atoms with Crippen LogP contribution in [-0.4, -0.2) is 32.2 Å². The van der Waals surface area contributed by atoms with E-state index in [1.54, 1.807) is 6.07 Å². The van der Waals surface area contributed by atoms with Crippen LogP contribution < -0.4 is 10.6 Å². The summed E-state index contributed by atoms with van der Waals surface area (Å²) in [5.41, 5.74) is 4.02. The van der Waals surface area contributed by atoms with Gasteiger partial charge in [-0.1, -0.05) is 53.8 Å². The standard InChI is InChI=1S/C27H30N6O2S/c1-19-9-5-6-12-21(19)18-25(35)29-27-33-32-26(36-27)14-8-7-13-22-15-16-23(31-30-22)28-24(34)17-20-10-3-2-4-11-20/h3,5-6,9-12,15-16H,2,4,7-8,13-14,17-18H2,1H3,(H,28,31,34)(H,29,33,35). The summed E-state index contributed by atoms with van der Waals surface area (Å²) in [7, 11) is 0. The van der Waals surface area contributed by atoms with Crippen molar-refractivity contribution in [3.63, 3.8) is 0 Å². The molecule has 2 aromatic heterocycles. The lowest BCUT2D eigenvalue weighted by molar-refractivity contribution is -0.116. The number of aromatic nitrogens is 4. The Morgan fingerprint density at radius 3 is 2.50 bits per heavy atom. The third-order valence-corrected chi connectivity index (χ3v) is 6.72. The number of unbranched alkanes of at least 4 members (excludes halogenated alkanes) is 1. The van der Waals surface area contributed by atoms with E-state index in [4.69, 9.17) is 0 Å². The van der Waals surface area contributed by atoms with Crippen LogP contribution in [0.2, 0.25) is 0 Å². The van der Waals surface area contributed by atoms with Crippen LogP contribution in [0, 0.1) is 6.92 Å². The van der Waals surface area contributed by atoms with Gasteiger partial charge in [-0.2, -0.15) is 5.10 Å². The maximum atomic E-state index is 12.3. The highest BCUT2D eigenvalue weighted by Gasteiger charge is 2.11. The minimum Gasteiger partial charge on any atom is -0.309 e. The molecule has 0 aliphatic heterocycles. The van der Waals surface area contributed by atoms with Crippen molar-refractivity contribution in [2.75, 3.05) is 10.6 Å². The fraction of sp³-hybridized carbons (Fsp3) is 0.333. The van der Waals surface area contributed by atoms with Gasteiger partial charge >= 0.3 is 0 Å². The monoisotopic (exact) mass is 502 g/mol. The van der Waals surface area contributed by atoms with Crippen LogP contribution in [-0.2, 0) is 28.9 Å². The molecule has 2 amide bonds. The molecule has 4 rings (SSSR count). The molecule has 9 heteroatoms. The Bertz CT molecular complexity index is 1250. The molecule has 0 saturated carbocycles. The fourth-order valence-corrected chi connectivity index (χ4v) is 4.66. The summed E-state index contributed by atoms with van der Waals surface area (Å²) in [5.74, 6) is 0.292. The molecule has 0 spiro atoms. The number of amides is 2. The number of rotatable bonds is 11. The second kappa shape index (κ2) is 12.8. The van der Waals surface area contributed by atoms with Gasteiger partial charge in [0.15, 0.2) is 5.82 Å². The van der Waals surface area contributed by atoms with E-state index in [1.807, 2.05) is 43.3 Å². The minimum absolute atomic E-state index is 0.0855. The summed E-state index contributed by atoms with van der Waals surface area (Å²) < 4.78 is 0. The van der Waals surface area contributed by atoms with Gasteiger partial charge in [0, 0.05) is 6.42 Å². The Kier molecular flexibility index (Phi) is 9.04. The van der Waals surface area contributed by atoms with E-state index in [0.29, 0.717) is 23.8 Å². The molecule has 3 aromatic rings. The SMILES string of the molecule is Cc1ccccc1CC(=O)Nc1nnc(CCCCc2ccc(NC(=O)CC3=CCCC=C3)nn2)s1. The molecule has 36 heavy (non-hydrogen) atoms. The van der Waals surface area contributed by atoms with Gasteiger partial charge in [0.1, 0.15) is 5.01 Å². The maximum absolute atomic E-state index is 12.3. The Balaban J connectivity index is 1.15. The van der Waals surface area contributed by atoms with E-state index in [9.17, 15) is 9.59 Å². The molecule has 0 bridgehead atoms. The normalized spacial score (nSPS) is 12.8. The first-order chi connectivity index (χ1) is 17.5. The van der Waals surface area contributed by atoms with Gasteiger partial charge in [-0.25, -0.2) is 0 Å². The molecule has 0 unspecified atom stereocenters. The zero-order valence-corrected chi connectivity index (χ0v) is 21.2. The van der Waals surface area contributed by atoms with Crippen LogP contribution in [0.4, 0.5) is 10.9 Å². The summed E-state index contributed by atoms with van der Waals surface area (Å²) >= 11 is 1.41. The van der Waals surface area contributed by atoms with Gasteiger partial charge in [0.2, 0.25) is 16.9 Å². The summed E-state index contributed by atoms with van der Waals surface area (Å²) in [6.07, 6.45) is 12.3. The van der Waals surface area contributed by atoms with Gasteiger partial charge in [-0.3, -0.25) is 9.59 Å². The minimum atomic E-state index is -0.0897. The maximum Gasteiger partial charge on any atom is 0.230 e. The number of carbonyl (C=O) groups excluding carboxylic acids is 2. The second-order valence-corrected chi connectivity index (χ2v) is 9.82. The van der Waals surface area contributed by atoms with Crippen molar-refractivity contribution >= 4 is 34.1 Å². The Morgan fingerprint density at radius 2 is 1.72 bits per heavy atom. The number of hydrogen-bond donors (Lipinski definition) is 2. The first-order valence-corrected chi connectivity index (χ1v) is 13.0. The lowest BCUT2D eigenvalue weighted by Gasteiger charge is -2.07. The number of benzene rings is 1. The quantitative estimate of drug-likeness (QED) is 0.358. The van der Waals surface area contributed by atoms with Crippen molar-refractivity contribution in [2.24, 2.45) is 0 Å². The highest BCUT2D eigenvalue weighted by atomic mass is 32.1. The van der Waals surface area contributed by atoms with Crippen LogP contribution in [0.15, 0.2) is 60.2 Å². The van der Waals surface area contributed by atoms with Crippen molar-refractivity contribution < 1.29 is 9.59 Å². The number of aryl methyl sites for hydroxylation is 3. The summed E-state index contributed by atoms with van der Waals surface area (Å²) in [6.45, 7) is 2.00. The average molecular weight is 503 g/mol. The van der Waals surface area contributed by atoms with Crippen LogP contribution in [0.5, 0.6) is 0 Å². The van der Waals surface area contributed by atoms with E-state index in [0.717, 1.165) is 65.9 Å². The van der Waals surface area contributed by atoms with Gasteiger partial charge in [-0.05, 0) is 67.9 Å². The predicted molar refractivity (Wildman–Crippen MR) is 142 cm³/mol. The lowest BCUT2D eigenvalue weighted by atomic mass is 10.0. The van der Waals surface area contributed by atoms with Gasteiger partial charge in [0.05, 0.1) is 18.5 Å². The van der Waals surface area contributed by atoms with Crippen molar-refractivity contribution in [1.82, 2.24) is 20.4 Å². The number of carbonyl (C=O) groups is 2. The second-order valence-electron chi connectivity index (χ2n) is 8.75. The molecule has 1 aromatic carbocycles. The van der Waals surface area contributed by atoms with Crippen molar-refractivity contribution in [3.05, 3.63) is 82.0 Å². The number of anilines is 2. The fourth-order valence-electron chi connectivity index (χ4n) is 3.86. The van der Waals surface area contributed by atoms with Gasteiger partial charge < -0.3 is 10.6 Å². The molecule has 0 saturated heterocycles. The average Bonchev–Trinajstić information content (AvgIpc) is 3.32. The number of hydrogen-bond acceptors (Lipinski definition) is 7. The number of allylic oxidation sites excluding steroid dienone is 3. The highest BCUT2D eigenvalue weighted by molar-refractivity contribution is 7.15. The molecule has 0 radical (unpaired) electrons. The van der Waals surface area contributed by atoms with Crippen LogP contribution in [0.3, 0.4) is 0 Å². The molecular weight excluding hydrogens is 472 g/mol. The summed E-state index contributed by atoms with van der Waals surface area (Å²) in [6, 6.07) is 11.6. The van der Waals surface area contributed by atoms with Crippen LogP contribution in [0.1, 0.15) is 53.9 Å². The van der Waals surface area contributed by atoms with Gasteiger partial charge in [0.25, 0.3) is 0 Å². The van der Waals surface area contributed by atoms with E-state index >= 15 is 0 Å². The smallest absolute Gasteiger partial charge is 0.230 e. The summed E-state index contributed by atoms with van der Waals surface area (Å²) in [4.78, 5) is 24.5. The largest absolute Gasteiger partial charge is 0.309 e. The molecule has 1 aliphatic rings. The van der Waals surface area contributed by atoms with E-state index in [-0.39, 0.29) is 11.8 Å². The van der Waals surface area contributed by atoms with Crippen LogP contribution in [0.25, 0.3) is 0 Å². The Morgan fingerprint density at radius 1 is 0.889 bits per heavy atom. The third-order valence-electron chi connectivity index (χ3n) is 5.82. The third kappa shape index (κ3) is 7.91. The zero-order chi connectivity index (χ0) is 25.2. The molecule has 8 nitrogen and oxygen atoms in total. The Labute approximate surface area is 215 Å². The predicted octanol–water partition coefficient (Wildman–Crippen LogP) is 4.99. The molecule has 1 aliphatic carbocycles. The van der Waals surface area contributed by atoms with Crippen molar-refractivity contribution in [2.45, 2.75) is 58.3 Å². The van der Waals surface area contributed by atoms with Gasteiger partial charge in [-0.15, -0.1) is 15.3 Å². The number of nitrogens with zero attached hydrogens (tertiary/aromatic N) is 4. The van der Waals surface area contributed by atoms with Crippen LogP contribution >= 0.6 is 11.3 Å². The first kappa shape index (κ1) is 25.4. The summed E-state index contributed by atoms with van der Waals surface area (Å²) in [5, 5.41) is 23.7. The topological polar surface area (TPSA) is 110 Å². The lowest BCUT2D eigenvalue weighted by Crippen LogP contribution is -2.14. The highest BCUT2D eigenvalue weighted by Crippen LogP contribution is 2.19. The molecule has 0 fully saturated rings. The molecule has 2 N–H and O–H groups in total. The zero-order valence-electron chi connectivity index (χ0n) is 20.4. The molecular formula is C27H30N6O2S. The van der Waals surface area contributed by atoms with E-state index < -0.39 is 0 Å². The molecule has 0 atom stereocenters. The molecule has 2 heterocycles. The number of nitrogens with one attached hydrogen (secondary N) is 2. The van der Waals surface area contributed by atoms with E-state index in [1.165, 1.54) is 11.3 Å². The first-order valence-electron chi connectivity index (χ1n) is 12.2. The van der Waals surface area contributed by atoms with E-state index in [2.05, 4.69) is 43.2 Å². The van der Waals surface area contributed by atoms with Crippen molar-refractivity contribution in [1.29, 1.82) is 0 Å². The molecule has 186 valence electrons.